The normalized spacial score (nSPS) is 9.23. The molecule has 4 N–H and O–H groups in total. The molecule has 0 radical (unpaired) electrons. The van der Waals surface area contributed by atoms with E-state index < -0.39 is 0 Å². The van der Waals surface area contributed by atoms with Crippen molar-refractivity contribution in [3.8, 4) is 0 Å². The van der Waals surface area contributed by atoms with Crippen molar-refractivity contribution in [2.24, 2.45) is 10.2 Å². The number of halogens is 2. The zero-order chi connectivity index (χ0) is 17.2. The van der Waals surface area contributed by atoms with Crippen molar-refractivity contribution in [3.63, 3.8) is 0 Å². The molecule has 1 heterocycles. The maximum Gasteiger partial charge on any atom is 0.153 e. The van der Waals surface area contributed by atoms with E-state index in [1.165, 1.54) is 5.56 Å². The first-order valence-electron chi connectivity index (χ1n) is 7.35. The van der Waals surface area contributed by atoms with Crippen LogP contribution in [0.3, 0.4) is 0 Å². The maximum atomic E-state index is 5.64. The lowest BCUT2D eigenvalue weighted by atomic mass is 10.2. The van der Waals surface area contributed by atoms with Gasteiger partial charge in [-0.15, -0.1) is 29.9 Å². The molecule has 3 aromatic rings. The number of pyridine rings is 1. The zero-order valence-electron chi connectivity index (χ0n) is 14.0. The van der Waals surface area contributed by atoms with Crippen molar-refractivity contribution in [1.82, 2.24) is 4.98 Å². The number of azo groups is 1. The number of anilines is 2. The van der Waals surface area contributed by atoms with Gasteiger partial charge in [0, 0.05) is 0 Å². The molecule has 0 fully saturated rings. The van der Waals surface area contributed by atoms with Crippen LogP contribution in [0.2, 0.25) is 0 Å². The predicted molar refractivity (Wildman–Crippen MR) is 115 cm³/mol. The topological polar surface area (TPSA) is 89.6 Å². The molecular formula is C19H21Cl2N5. The molecule has 3 rings (SSSR count). The van der Waals surface area contributed by atoms with Gasteiger partial charge in [-0.25, -0.2) is 4.98 Å². The van der Waals surface area contributed by atoms with Crippen molar-refractivity contribution >= 4 is 53.9 Å². The predicted octanol–water partition coefficient (Wildman–Crippen LogP) is 5.83. The van der Waals surface area contributed by atoms with E-state index in [0.29, 0.717) is 11.5 Å². The molecule has 0 aliphatic rings. The summed E-state index contributed by atoms with van der Waals surface area (Å²) in [5, 5.41) is 8.03. The summed E-state index contributed by atoms with van der Waals surface area (Å²) in [6.07, 6.45) is 1.83. The lowest BCUT2D eigenvalue weighted by molar-refractivity contribution is 1.21. The van der Waals surface area contributed by atoms with Crippen molar-refractivity contribution in [2.45, 2.75) is 0 Å². The molecule has 0 saturated heterocycles. The van der Waals surface area contributed by atoms with Gasteiger partial charge in [0.25, 0.3) is 0 Å². The molecule has 0 spiro atoms. The zero-order valence-corrected chi connectivity index (χ0v) is 15.7. The van der Waals surface area contributed by atoms with Crippen LogP contribution in [0.1, 0.15) is 5.56 Å². The summed E-state index contributed by atoms with van der Waals surface area (Å²) >= 11 is 0. The van der Waals surface area contributed by atoms with E-state index in [1.807, 2.05) is 66.7 Å². The molecule has 5 nitrogen and oxygen atoms in total. The highest BCUT2D eigenvalue weighted by Crippen LogP contribution is 2.23. The van der Waals surface area contributed by atoms with E-state index in [9.17, 15) is 0 Å². The van der Waals surface area contributed by atoms with Gasteiger partial charge in [-0.1, -0.05) is 61.2 Å². The van der Waals surface area contributed by atoms with Gasteiger partial charge in [-0.2, -0.15) is 5.11 Å². The second-order valence-corrected chi connectivity index (χ2v) is 4.79. The molecular weight excluding hydrogens is 369 g/mol. The second-order valence-electron chi connectivity index (χ2n) is 4.79. The van der Waals surface area contributed by atoms with E-state index in [0.717, 1.165) is 5.69 Å². The van der Waals surface area contributed by atoms with Crippen LogP contribution < -0.4 is 11.5 Å². The summed E-state index contributed by atoms with van der Waals surface area (Å²) in [5.41, 5.74) is 13.6. The number of hydrogen-bond acceptors (Lipinski definition) is 5. The third-order valence-corrected chi connectivity index (χ3v) is 2.99. The van der Waals surface area contributed by atoms with Gasteiger partial charge in [0.05, 0.1) is 5.69 Å². The minimum atomic E-state index is 0. The maximum absolute atomic E-state index is 5.64. The highest BCUT2D eigenvalue weighted by atomic mass is 35.5. The molecule has 0 atom stereocenters. The number of rotatable bonds is 3. The summed E-state index contributed by atoms with van der Waals surface area (Å²) in [6, 6.07) is 22.7. The number of aromatic nitrogens is 1. The van der Waals surface area contributed by atoms with Gasteiger partial charge < -0.3 is 11.5 Å². The first-order valence-corrected chi connectivity index (χ1v) is 7.35. The lowest BCUT2D eigenvalue weighted by Crippen LogP contribution is -1.95. The summed E-state index contributed by atoms with van der Waals surface area (Å²) in [5.74, 6) is 0.649. The van der Waals surface area contributed by atoms with Crippen LogP contribution >= 0.6 is 24.8 Å². The summed E-state index contributed by atoms with van der Waals surface area (Å²) in [4.78, 5) is 3.89. The van der Waals surface area contributed by atoms with Crippen LogP contribution in [0.4, 0.5) is 23.0 Å². The van der Waals surface area contributed by atoms with Crippen LogP contribution in [-0.2, 0) is 0 Å². The summed E-state index contributed by atoms with van der Waals surface area (Å²) < 4.78 is 0. The van der Waals surface area contributed by atoms with E-state index in [1.54, 1.807) is 12.1 Å². The van der Waals surface area contributed by atoms with Crippen molar-refractivity contribution < 1.29 is 0 Å². The minimum Gasteiger partial charge on any atom is -0.384 e. The molecule has 2 aromatic carbocycles. The highest BCUT2D eigenvalue weighted by molar-refractivity contribution is 5.85. The van der Waals surface area contributed by atoms with Crippen LogP contribution in [-0.4, -0.2) is 4.98 Å². The van der Waals surface area contributed by atoms with Gasteiger partial charge in [-0.05, 0) is 29.8 Å². The number of hydrogen-bond donors (Lipinski definition) is 2. The smallest absolute Gasteiger partial charge is 0.153 e. The quantitative estimate of drug-likeness (QED) is 0.551. The fourth-order valence-corrected chi connectivity index (χ4v) is 1.76. The average molecular weight is 390 g/mol. The molecule has 26 heavy (non-hydrogen) atoms. The Morgan fingerprint density at radius 1 is 0.769 bits per heavy atom. The van der Waals surface area contributed by atoms with Gasteiger partial charge in [0.15, 0.2) is 5.82 Å². The minimum absolute atomic E-state index is 0. The van der Waals surface area contributed by atoms with E-state index >= 15 is 0 Å². The Balaban J connectivity index is 0.000000536. The van der Waals surface area contributed by atoms with Crippen LogP contribution in [0, 0.1) is 0 Å². The SMILES string of the molecule is C=Cc1ccccc1.Cl.Cl.Nc1ccc(N=Nc2ccccc2)c(N)n1. The van der Waals surface area contributed by atoms with Crippen LogP contribution in [0.15, 0.2) is 89.6 Å². The Morgan fingerprint density at radius 2 is 1.35 bits per heavy atom. The molecule has 0 bridgehead atoms. The molecule has 0 amide bonds. The molecule has 0 aliphatic heterocycles. The van der Waals surface area contributed by atoms with Crippen LogP contribution in [0.5, 0.6) is 0 Å². The Morgan fingerprint density at radius 3 is 1.85 bits per heavy atom. The van der Waals surface area contributed by atoms with Crippen LogP contribution in [0.25, 0.3) is 6.08 Å². The average Bonchev–Trinajstić information content (AvgIpc) is 2.63. The van der Waals surface area contributed by atoms with Crippen molar-refractivity contribution in [3.05, 3.63) is 84.9 Å². The molecule has 1 aromatic heterocycles. The third kappa shape index (κ3) is 7.79. The number of benzene rings is 2. The van der Waals surface area contributed by atoms with Crippen molar-refractivity contribution in [1.29, 1.82) is 0 Å². The Labute approximate surface area is 165 Å². The molecule has 136 valence electrons. The fourth-order valence-electron chi connectivity index (χ4n) is 1.76. The first kappa shape index (κ1) is 23.1. The number of nitrogen functional groups attached to an aromatic ring is 2. The van der Waals surface area contributed by atoms with Crippen molar-refractivity contribution in [2.75, 3.05) is 11.5 Å². The number of nitrogens with zero attached hydrogens (tertiary/aromatic N) is 3. The molecule has 0 aliphatic carbocycles. The van der Waals surface area contributed by atoms with Gasteiger partial charge in [-0.3, -0.25) is 0 Å². The fraction of sp³-hybridized carbons (Fsp3) is 0. The standard InChI is InChI=1S/C11H11N5.C8H8.2ClH/c12-10-7-6-9(11(13)14-10)16-15-8-4-2-1-3-5-8;1-2-8-6-4-3-5-7-8;;/h1-7H,(H4,12,13,14);2-7H,1H2;2*1H. The largest absolute Gasteiger partial charge is 0.384 e. The molecule has 7 heteroatoms. The molecule has 0 saturated carbocycles. The Kier molecular flexibility index (Phi) is 11.1. The molecule has 0 unspecified atom stereocenters. The summed E-state index contributed by atoms with van der Waals surface area (Å²) in [7, 11) is 0. The first-order chi connectivity index (χ1) is 11.7. The van der Waals surface area contributed by atoms with Gasteiger partial charge in [0.1, 0.15) is 11.5 Å². The van der Waals surface area contributed by atoms with E-state index in [4.69, 9.17) is 11.5 Å². The highest BCUT2D eigenvalue weighted by Gasteiger charge is 1.98. The number of nitrogens with two attached hydrogens (primary N) is 2. The summed E-state index contributed by atoms with van der Waals surface area (Å²) in [6.45, 7) is 3.63. The Bertz CT molecular complexity index is 809. The van der Waals surface area contributed by atoms with E-state index in [-0.39, 0.29) is 30.6 Å². The van der Waals surface area contributed by atoms with Gasteiger partial charge >= 0.3 is 0 Å². The third-order valence-electron chi connectivity index (χ3n) is 2.99. The lowest BCUT2D eigenvalue weighted by Gasteiger charge is -1.98. The van der Waals surface area contributed by atoms with Gasteiger partial charge in [0.2, 0.25) is 0 Å². The Hall–Kier alpha value is -2.89. The monoisotopic (exact) mass is 389 g/mol. The van der Waals surface area contributed by atoms with E-state index in [2.05, 4.69) is 21.8 Å². The second kappa shape index (κ2) is 12.5.